The molecule has 1 amide bonds. The number of nitrogens with zero attached hydrogens (tertiary/aromatic N) is 2. The minimum absolute atomic E-state index is 0.0898. The summed E-state index contributed by atoms with van der Waals surface area (Å²) < 4.78 is 1.64. The molecule has 1 rings (SSSR count). The first-order chi connectivity index (χ1) is 6.86. The van der Waals surface area contributed by atoms with E-state index in [1.807, 2.05) is 26.8 Å². The van der Waals surface area contributed by atoms with Crippen LogP contribution in [0.4, 0.5) is 5.82 Å². The lowest BCUT2D eigenvalue weighted by molar-refractivity contribution is -0.123. The van der Waals surface area contributed by atoms with Gasteiger partial charge in [-0.05, 0) is 20.8 Å². The Hall–Kier alpha value is -1.36. The second kappa shape index (κ2) is 4.02. The van der Waals surface area contributed by atoms with Gasteiger partial charge in [-0.25, -0.2) is 0 Å². The van der Waals surface area contributed by atoms with E-state index in [0.29, 0.717) is 12.4 Å². The van der Waals surface area contributed by atoms with Crippen molar-refractivity contribution in [1.82, 2.24) is 9.78 Å². The monoisotopic (exact) mass is 210 g/mol. The number of carbonyl (C=O) groups is 1. The van der Waals surface area contributed by atoms with Crippen LogP contribution in [-0.4, -0.2) is 22.2 Å². The van der Waals surface area contributed by atoms with Gasteiger partial charge in [-0.1, -0.05) is 0 Å². The molecule has 0 unspecified atom stereocenters. The van der Waals surface area contributed by atoms with Gasteiger partial charge in [-0.3, -0.25) is 9.48 Å². The fraction of sp³-hybridized carbons (Fsp3) is 0.600. The SMILES string of the molecule is Cc1cc(NC(=O)C(C)(C)CN)n(C)n1. The molecule has 0 spiro atoms. The third kappa shape index (κ3) is 2.56. The first-order valence-electron chi connectivity index (χ1n) is 4.89. The van der Waals surface area contributed by atoms with Crippen LogP contribution in [0.1, 0.15) is 19.5 Å². The van der Waals surface area contributed by atoms with Crippen molar-refractivity contribution in [3.63, 3.8) is 0 Å². The molecule has 0 atom stereocenters. The minimum atomic E-state index is -0.557. The molecule has 1 aromatic heterocycles. The summed E-state index contributed by atoms with van der Waals surface area (Å²) in [7, 11) is 1.79. The Labute approximate surface area is 89.6 Å². The third-order valence-electron chi connectivity index (χ3n) is 2.37. The number of aryl methyl sites for hydroxylation is 2. The average molecular weight is 210 g/mol. The zero-order valence-electron chi connectivity index (χ0n) is 9.66. The van der Waals surface area contributed by atoms with Gasteiger partial charge in [-0.15, -0.1) is 0 Å². The Morgan fingerprint density at radius 2 is 2.27 bits per heavy atom. The number of amides is 1. The lowest BCUT2D eigenvalue weighted by Gasteiger charge is -2.20. The number of nitrogens with two attached hydrogens (primary N) is 1. The van der Waals surface area contributed by atoms with Crippen molar-refractivity contribution in [2.24, 2.45) is 18.2 Å². The van der Waals surface area contributed by atoms with Gasteiger partial charge in [0.25, 0.3) is 0 Å². The van der Waals surface area contributed by atoms with Crippen LogP contribution in [0.5, 0.6) is 0 Å². The number of nitrogens with one attached hydrogen (secondary N) is 1. The number of hydrogen-bond donors (Lipinski definition) is 2. The second-order valence-corrected chi connectivity index (χ2v) is 4.34. The molecular formula is C10H18N4O. The van der Waals surface area contributed by atoms with Crippen LogP contribution < -0.4 is 11.1 Å². The van der Waals surface area contributed by atoms with Crippen LogP contribution in [0.3, 0.4) is 0 Å². The van der Waals surface area contributed by atoms with Crippen molar-refractivity contribution in [3.05, 3.63) is 11.8 Å². The molecule has 0 saturated carbocycles. The number of rotatable bonds is 3. The molecule has 0 aliphatic heterocycles. The second-order valence-electron chi connectivity index (χ2n) is 4.34. The molecule has 0 aromatic carbocycles. The molecule has 1 aromatic rings. The highest BCUT2D eigenvalue weighted by molar-refractivity contribution is 5.94. The fourth-order valence-corrected chi connectivity index (χ4v) is 1.11. The van der Waals surface area contributed by atoms with Crippen LogP contribution in [0.2, 0.25) is 0 Å². The van der Waals surface area contributed by atoms with Gasteiger partial charge in [-0.2, -0.15) is 5.10 Å². The van der Waals surface area contributed by atoms with Crippen molar-refractivity contribution in [3.8, 4) is 0 Å². The molecule has 0 aliphatic rings. The molecule has 3 N–H and O–H groups in total. The molecule has 0 bridgehead atoms. The Morgan fingerprint density at radius 3 is 2.67 bits per heavy atom. The molecule has 0 aliphatic carbocycles. The fourth-order valence-electron chi connectivity index (χ4n) is 1.11. The van der Waals surface area contributed by atoms with Gasteiger partial charge in [0.05, 0.1) is 11.1 Å². The summed E-state index contributed by atoms with van der Waals surface area (Å²) in [4.78, 5) is 11.8. The number of anilines is 1. The quantitative estimate of drug-likeness (QED) is 0.769. The lowest BCUT2D eigenvalue weighted by atomic mass is 9.93. The first kappa shape index (κ1) is 11.7. The molecular weight excluding hydrogens is 192 g/mol. The number of carbonyl (C=O) groups excluding carboxylic acids is 1. The summed E-state index contributed by atoms with van der Waals surface area (Å²) in [6, 6.07) is 1.82. The van der Waals surface area contributed by atoms with Crippen molar-refractivity contribution >= 4 is 11.7 Å². The van der Waals surface area contributed by atoms with Gasteiger partial charge in [0.2, 0.25) is 5.91 Å². The van der Waals surface area contributed by atoms with Gasteiger partial charge in [0, 0.05) is 19.7 Å². The zero-order valence-corrected chi connectivity index (χ0v) is 9.66. The predicted octanol–water partition coefficient (Wildman–Crippen LogP) is 0.652. The van der Waals surface area contributed by atoms with Gasteiger partial charge < -0.3 is 11.1 Å². The summed E-state index contributed by atoms with van der Waals surface area (Å²) in [5.41, 5.74) is 5.84. The van der Waals surface area contributed by atoms with E-state index in [0.717, 1.165) is 5.69 Å². The standard InChI is InChI=1S/C10H18N4O/c1-7-5-8(14(4)13-7)12-9(15)10(2,3)6-11/h5H,6,11H2,1-4H3,(H,12,15). The summed E-state index contributed by atoms with van der Waals surface area (Å²) in [6.07, 6.45) is 0. The molecule has 84 valence electrons. The maximum absolute atomic E-state index is 11.8. The van der Waals surface area contributed by atoms with E-state index < -0.39 is 5.41 Å². The molecule has 1 heterocycles. The summed E-state index contributed by atoms with van der Waals surface area (Å²) in [6.45, 7) is 5.82. The van der Waals surface area contributed by atoms with E-state index in [9.17, 15) is 4.79 Å². The number of aromatic nitrogens is 2. The Bertz CT molecular complexity index is 367. The number of hydrogen-bond acceptors (Lipinski definition) is 3. The Morgan fingerprint density at radius 1 is 1.67 bits per heavy atom. The van der Waals surface area contributed by atoms with Crippen molar-refractivity contribution in [1.29, 1.82) is 0 Å². The van der Waals surface area contributed by atoms with E-state index in [-0.39, 0.29) is 5.91 Å². The van der Waals surface area contributed by atoms with Crippen LogP contribution in [-0.2, 0) is 11.8 Å². The van der Waals surface area contributed by atoms with Crippen LogP contribution in [0.25, 0.3) is 0 Å². The topological polar surface area (TPSA) is 72.9 Å². The highest BCUT2D eigenvalue weighted by atomic mass is 16.2. The first-order valence-corrected chi connectivity index (χ1v) is 4.89. The third-order valence-corrected chi connectivity index (χ3v) is 2.37. The van der Waals surface area contributed by atoms with E-state index in [1.54, 1.807) is 11.7 Å². The molecule has 0 saturated heterocycles. The average Bonchev–Trinajstić information content (AvgIpc) is 2.45. The molecule has 0 fully saturated rings. The summed E-state index contributed by atoms with van der Waals surface area (Å²) >= 11 is 0. The summed E-state index contributed by atoms with van der Waals surface area (Å²) in [5, 5.41) is 6.95. The lowest BCUT2D eigenvalue weighted by Crippen LogP contribution is -2.37. The Kier molecular flexibility index (Phi) is 3.14. The molecule has 5 heteroatoms. The van der Waals surface area contributed by atoms with Crippen molar-refractivity contribution in [2.75, 3.05) is 11.9 Å². The maximum Gasteiger partial charge on any atom is 0.232 e. The molecule has 15 heavy (non-hydrogen) atoms. The van der Waals surface area contributed by atoms with E-state index in [1.165, 1.54) is 0 Å². The van der Waals surface area contributed by atoms with Crippen molar-refractivity contribution < 1.29 is 4.79 Å². The van der Waals surface area contributed by atoms with E-state index in [2.05, 4.69) is 10.4 Å². The predicted molar refractivity (Wildman–Crippen MR) is 59.4 cm³/mol. The molecule has 0 radical (unpaired) electrons. The van der Waals surface area contributed by atoms with Crippen LogP contribution in [0, 0.1) is 12.3 Å². The van der Waals surface area contributed by atoms with Gasteiger partial charge in [0.1, 0.15) is 5.82 Å². The highest BCUT2D eigenvalue weighted by Gasteiger charge is 2.26. The summed E-state index contributed by atoms with van der Waals surface area (Å²) in [5.74, 6) is 0.604. The maximum atomic E-state index is 11.8. The largest absolute Gasteiger partial charge is 0.329 e. The van der Waals surface area contributed by atoms with Gasteiger partial charge in [0.15, 0.2) is 0 Å². The highest BCUT2D eigenvalue weighted by Crippen LogP contribution is 2.17. The minimum Gasteiger partial charge on any atom is -0.329 e. The zero-order chi connectivity index (χ0) is 11.6. The van der Waals surface area contributed by atoms with Crippen LogP contribution in [0.15, 0.2) is 6.07 Å². The Balaban J connectivity index is 2.79. The van der Waals surface area contributed by atoms with Crippen molar-refractivity contribution in [2.45, 2.75) is 20.8 Å². The smallest absolute Gasteiger partial charge is 0.232 e. The van der Waals surface area contributed by atoms with Gasteiger partial charge >= 0.3 is 0 Å². The van der Waals surface area contributed by atoms with E-state index in [4.69, 9.17) is 5.73 Å². The normalized spacial score (nSPS) is 11.5. The molecule has 5 nitrogen and oxygen atoms in total. The van der Waals surface area contributed by atoms with Crippen LogP contribution >= 0.6 is 0 Å². The van der Waals surface area contributed by atoms with E-state index >= 15 is 0 Å².